The summed E-state index contributed by atoms with van der Waals surface area (Å²) in [5.41, 5.74) is 10.3. The molecule has 1 atom stereocenters. The van der Waals surface area contributed by atoms with Crippen LogP contribution < -0.4 is 10.6 Å². The average Bonchev–Trinajstić information content (AvgIpc) is 2.49. The smallest absolute Gasteiger partial charge is 0.0399 e. The van der Waals surface area contributed by atoms with E-state index in [0.29, 0.717) is 0 Å². The van der Waals surface area contributed by atoms with Crippen molar-refractivity contribution in [1.29, 1.82) is 0 Å². The van der Waals surface area contributed by atoms with Crippen LogP contribution in [0.2, 0.25) is 0 Å². The summed E-state index contributed by atoms with van der Waals surface area (Å²) >= 11 is 0. The number of nitrogens with two attached hydrogens (primary N) is 1. The largest absolute Gasteiger partial charge is 0.371 e. The normalized spacial score (nSPS) is 12.7. The Morgan fingerprint density at radius 1 is 1.05 bits per heavy atom. The molecule has 0 aliphatic carbocycles. The molecule has 0 aromatic heterocycles. The Kier molecular flexibility index (Phi) is 7.81. The maximum absolute atomic E-state index is 6.20. The SMILES string of the molecule is CCC(N)Cc1cc(C)ccc1N(CC)CC(CC)CC. The Balaban J connectivity index is 3.01. The summed E-state index contributed by atoms with van der Waals surface area (Å²) in [7, 11) is 0. The number of hydrogen-bond donors (Lipinski definition) is 1. The van der Waals surface area contributed by atoms with Crippen LogP contribution in [0.5, 0.6) is 0 Å². The van der Waals surface area contributed by atoms with Crippen LogP contribution in [0, 0.1) is 12.8 Å². The Hall–Kier alpha value is -1.02. The van der Waals surface area contributed by atoms with Crippen molar-refractivity contribution in [3.05, 3.63) is 29.3 Å². The summed E-state index contributed by atoms with van der Waals surface area (Å²) in [5.74, 6) is 0.777. The van der Waals surface area contributed by atoms with Crippen LogP contribution in [-0.2, 0) is 6.42 Å². The van der Waals surface area contributed by atoms with Crippen molar-refractivity contribution in [2.75, 3.05) is 18.0 Å². The van der Waals surface area contributed by atoms with E-state index >= 15 is 0 Å². The molecule has 1 rings (SSSR count). The van der Waals surface area contributed by atoms with Gasteiger partial charge in [0, 0.05) is 24.8 Å². The first-order valence-electron chi connectivity index (χ1n) is 8.65. The van der Waals surface area contributed by atoms with Gasteiger partial charge in [-0.15, -0.1) is 0 Å². The van der Waals surface area contributed by atoms with Gasteiger partial charge >= 0.3 is 0 Å². The summed E-state index contributed by atoms with van der Waals surface area (Å²) in [4.78, 5) is 2.54. The molecule has 2 heteroatoms. The third kappa shape index (κ3) is 5.35. The van der Waals surface area contributed by atoms with Gasteiger partial charge in [-0.1, -0.05) is 51.3 Å². The van der Waals surface area contributed by atoms with E-state index in [2.05, 4.69) is 57.7 Å². The Bertz CT molecular complexity index is 410. The van der Waals surface area contributed by atoms with E-state index in [1.165, 1.54) is 29.7 Å². The predicted octanol–water partition coefficient (Wildman–Crippen LogP) is 4.54. The molecule has 0 aliphatic heterocycles. The highest BCUT2D eigenvalue weighted by Crippen LogP contribution is 2.25. The molecule has 0 saturated carbocycles. The molecule has 0 radical (unpaired) electrons. The number of nitrogens with zero attached hydrogens (tertiary/aromatic N) is 1. The van der Waals surface area contributed by atoms with E-state index in [-0.39, 0.29) is 6.04 Å². The first-order chi connectivity index (χ1) is 10.0. The van der Waals surface area contributed by atoms with E-state index in [4.69, 9.17) is 5.73 Å². The van der Waals surface area contributed by atoms with Crippen LogP contribution >= 0.6 is 0 Å². The zero-order chi connectivity index (χ0) is 15.8. The second-order valence-electron chi connectivity index (χ2n) is 6.23. The molecule has 1 aromatic carbocycles. The number of benzene rings is 1. The maximum Gasteiger partial charge on any atom is 0.0399 e. The van der Waals surface area contributed by atoms with E-state index in [1.54, 1.807) is 0 Å². The second-order valence-corrected chi connectivity index (χ2v) is 6.23. The van der Waals surface area contributed by atoms with Crippen LogP contribution in [0.3, 0.4) is 0 Å². The number of rotatable bonds is 9. The third-order valence-electron chi connectivity index (χ3n) is 4.60. The molecule has 0 bridgehead atoms. The zero-order valence-electron chi connectivity index (χ0n) is 14.7. The molecule has 0 saturated heterocycles. The summed E-state index contributed by atoms with van der Waals surface area (Å²) in [5, 5.41) is 0. The molecule has 2 nitrogen and oxygen atoms in total. The number of anilines is 1. The molecule has 0 aliphatic rings. The standard InChI is InChI=1S/C19H34N2/c1-6-16(7-2)14-21(9-4)19-11-10-15(5)12-17(19)13-18(20)8-3/h10-12,16,18H,6-9,13-14,20H2,1-5H3. The van der Waals surface area contributed by atoms with Gasteiger partial charge in [0.05, 0.1) is 0 Å². The van der Waals surface area contributed by atoms with Crippen molar-refractivity contribution < 1.29 is 0 Å². The highest BCUT2D eigenvalue weighted by molar-refractivity contribution is 5.55. The van der Waals surface area contributed by atoms with Crippen molar-refractivity contribution in [3.8, 4) is 0 Å². The van der Waals surface area contributed by atoms with Crippen molar-refractivity contribution in [3.63, 3.8) is 0 Å². The predicted molar refractivity (Wildman–Crippen MR) is 95.1 cm³/mol. The summed E-state index contributed by atoms with van der Waals surface area (Å²) < 4.78 is 0. The minimum absolute atomic E-state index is 0.261. The molecule has 1 unspecified atom stereocenters. The molecule has 21 heavy (non-hydrogen) atoms. The monoisotopic (exact) mass is 290 g/mol. The van der Waals surface area contributed by atoms with Crippen molar-refractivity contribution in [1.82, 2.24) is 0 Å². The average molecular weight is 290 g/mol. The van der Waals surface area contributed by atoms with Crippen molar-refractivity contribution in [2.45, 2.75) is 66.3 Å². The maximum atomic E-state index is 6.20. The fourth-order valence-electron chi connectivity index (χ4n) is 2.87. The molecule has 1 aromatic rings. The van der Waals surface area contributed by atoms with Gasteiger partial charge in [0.15, 0.2) is 0 Å². The van der Waals surface area contributed by atoms with Gasteiger partial charge in [-0.05, 0) is 44.2 Å². The van der Waals surface area contributed by atoms with Gasteiger partial charge in [0.1, 0.15) is 0 Å². The van der Waals surface area contributed by atoms with Gasteiger partial charge in [-0.25, -0.2) is 0 Å². The first kappa shape index (κ1) is 18.0. The van der Waals surface area contributed by atoms with Crippen LogP contribution in [-0.4, -0.2) is 19.1 Å². The lowest BCUT2D eigenvalue weighted by molar-refractivity contribution is 0.485. The van der Waals surface area contributed by atoms with Crippen molar-refractivity contribution in [2.24, 2.45) is 11.7 Å². The van der Waals surface area contributed by atoms with Gasteiger partial charge in [0.25, 0.3) is 0 Å². The summed E-state index contributed by atoms with van der Waals surface area (Å²) in [6.45, 7) is 13.4. The van der Waals surface area contributed by atoms with Crippen LogP contribution in [0.4, 0.5) is 5.69 Å². The first-order valence-corrected chi connectivity index (χ1v) is 8.65. The van der Waals surface area contributed by atoms with Crippen LogP contribution in [0.25, 0.3) is 0 Å². The summed E-state index contributed by atoms with van der Waals surface area (Å²) in [6, 6.07) is 7.10. The fourth-order valence-corrected chi connectivity index (χ4v) is 2.87. The molecule has 0 fully saturated rings. The highest BCUT2D eigenvalue weighted by atomic mass is 15.1. The van der Waals surface area contributed by atoms with Gasteiger partial charge in [-0.2, -0.15) is 0 Å². The summed E-state index contributed by atoms with van der Waals surface area (Å²) in [6.07, 6.45) is 4.52. The lowest BCUT2D eigenvalue weighted by Gasteiger charge is -2.30. The molecule has 2 N–H and O–H groups in total. The molecule has 120 valence electrons. The highest BCUT2D eigenvalue weighted by Gasteiger charge is 2.15. The lowest BCUT2D eigenvalue weighted by atomic mass is 9.98. The Morgan fingerprint density at radius 3 is 2.24 bits per heavy atom. The fraction of sp³-hybridized carbons (Fsp3) is 0.684. The minimum atomic E-state index is 0.261. The molecular formula is C19H34N2. The Labute approximate surface area is 131 Å². The van der Waals surface area contributed by atoms with E-state index in [1.807, 2.05) is 0 Å². The molecular weight excluding hydrogens is 256 g/mol. The Morgan fingerprint density at radius 2 is 1.71 bits per heavy atom. The zero-order valence-corrected chi connectivity index (χ0v) is 14.7. The van der Waals surface area contributed by atoms with Gasteiger partial charge < -0.3 is 10.6 Å². The topological polar surface area (TPSA) is 29.3 Å². The van der Waals surface area contributed by atoms with E-state index in [0.717, 1.165) is 31.8 Å². The van der Waals surface area contributed by atoms with E-state index in [9.17, 15) is 0 Å². The van der Waals surface area contributed by atoms with Crippen LogP contribution in [0.15, 0.2) is 18.2 Å². The number of hydrogen-bond acceptors (Lipinski definition) is 2. The minimum Gasteiger partial charge on any atom is -0.371 e. The molecule has 0 spiro atoms. The van der Waals surface area contributed by atoms with Crippen LogP contribution in [0.1, 0.15) is 58.1 Å². The molecule has 0 heterocycles. The van der Waals surface area contributed by atoms with E-state index < -0.39 is 0 Å². The number of aryl methyl sites for hydroxylation is 1. The molecule has 0 amide bonds. The van der Waals surface area contributed by atoms with Gasteiger partial charge in [0.2, 0.25) is 0 Å². The third-order valence-corrected chi connectivity index (χ3v) is 4.60. The van der Waals surface area contributed by atoms with Crippen molar-refractivity contribution >= 4 is 5.69 Å². The second kappa shape index (κ2) is 9.09. The van der Waals surface area contributed by atoms with Gasteiger partial charge in [-0.3, -0.25) is 0 Å². The quantitative estimate of drug-likeness (QED) is 0.723. The lowest BCUT2D eigenvalue weighted by Crippen LogP contribution is -2.31.